The minimum absolute atomic E-state index is 0.0889. The van der Waals surface area contributed by atoms with Gasteiger partial charge in [0, 0.05) is 43.5 Å². The molecule has 0 N–H and O–H groups in total. The van der Waals surface area contributed by atoms with Gasteiger partial charge in [-0.3, -0.25) is 14.2 Å². The molecule has 1 saturated carbocycles. The van der Waals surface area contributed by atoms with Crippen molar-refractivity contribution in [1.82, 2.24) is 34.0 Å². The number of amides is 1. The molecule has 0 aliphatic heterocycles. The summed E-state index contributed by atoms with van der Waals surface area (Å²) in [6, 6.07) is 10.4. The van der Waals surface area contributed by atoms with Crippen molar-refractivity contribution in [3.63, 3.8) is 0 Å². The van der Waals surface area contributed by atoms with Crippen LogP contribution in [0.1, 0.15) is 34.5 Å². The first-order valence-electron chi connectivity index (χ1n) is 10.5. The third kappa shape index (κ3) is 2.72. The Labute approximate surface area is 184 Å². The second-order valence-electron chi connectivity index (χ2n) is 8.46. The van der Waals surface area contributed by atoms with E-state index in [1.54, 1.807) is 37.4 Å². The molecule has 0 spiro atoms. The fourth-order valence-electron chi connectivity index (χ4n) is 4.45. The number of para-hydroxylation sites is 1. The van der Waals surface area contributed by atoms with Crippen LogP contribution in [0.15, 0.2) is 67.5 Å². The standard InChI is InChI=1S/C24H21N7O/c1-29(2)22(32)17-11-28-31(14-17)18-12-26-23-27-13-20(30(23)15-18)24(8-9-24)19-7-3-5-16-6-4-10-25-21(16)19/h3-7,10-15H,8-9H2,1-2H3. The molecule has 8 nitrogen and oxygen atoms in total. The molecule has 4 aromatic heterocycles. The average molecular weight is 423 g/mol. The quantitative estimate of drug-likeness (QED) is 0.443. The van der Waals surface area contributed by atoms with Crippen molar-refractivity contribution in [1.29, 1.82) is 0 Å². The third-order valence-corrected chi connectivity index (χ3v) is 6.24. The van der Waals surface area contributed by atoms with Gasteiger partial charge >= 0.3 is 0 Å². The van der Waals surface area contributed by atoms with Gasteiger partial charge in [-0.25, -0.2) is 14.6 Å². The van der Waals surface area contributed by atoms with E-state index in [9.17, 15) is 4.79 Å². The molecule has 0 unspecified atom stereocenters. The highest BCUT2D eigenvalue weighted by molar-refractivity contribution is 5.93. The van der Waals surface area contributed by atoms with E-state index in [0.717, 1.165) is 35.1 Å². The maximum Gasteiger partial charge on any atom is 0.256 e. The van der Waals surface area contributed by atoms with E-state index >= 15 is 0 Å². The molecule has 158 valence electrons. The van der Waals surface area contributed by atoms with Crippen LogP contribution >= 0.6 is 0 Å². The summed E-state index contributed by atoms with van der Waals surface area (Å²) in [5.41, 5.74) is 4.51. The second kappa shape index (κ2) is 6.71. The number of pyridine rings is 1. The van der Waals surface area contributed by atoms with Crippen molar-refractivity contribution in [2.75, 3.05) is 14.1 Å². The number of benzene rings is 1. The molecular weight excluding hydrogens is 402 g/mol. The van der Waals surface area contributed by atoms with Gasteiger partial charge in [-0.2, -0.15) is 5.10 Å². The Balaban J connectivity index is 1.47. The average Bonchev–Trinajstić information content (AvgIpc) is 3.27. The highest BCUT2D eigenvalue weighted by Crippen LogP contribution is 2.54. The van der Waals surface area contributed by atoms with Gasteiger partial charge < -0.3 is 4.90 Å². The lowest BCUT2D eigenvalue weighted by atomic mass is 9.90. The van der Waals surface area contributed by atoms with Crippen LogP contribution in [0, 0.1) is 0 Å². The molecule has 0 radical (unpaired) electrons. The van der Waals surface area contributed by atoms with Gasteiger partial charge in [0.1, 0.15) is 0 Å². The number of hydrogen-bond donors (Lipinski definition) is 0. The summed E-state index contributed by atoms with van der Waals surface area (Å²) in [5, 5.41) is 5.51. The lowest BCUT2D eigenvalue weighted by Crippen LogP contribution is -2.21. The topological polar surface area (TPSA) is 81.2 Å². The molecule has 1 amide bonds. The smallest absolute Gasteiger partial charge is 0.256 e. The van der Waals surface area contributed by atoms with Crippen molar-refractivity contribution in [2.45, 2.75) is 18.3 Å². The Hall–Kier alpha value is -4.07. The molecular formula is C24H21N7O. The first-order chi connectivity index (χ1) is 15.6. The molecule has 0 bridgehead atoms. The first kappa shape index (κ1) is 18.7. The van der Waals surface area contributed by atoms with Crippen molar-refractivity contribution < 1.29 is 4.79 Å². The SMILES string of the molecule is CN(C)C(=O)c1cnn(-c2cnc3ncc(C4(c5cccc6cccnc56)CC4)n3c2)c1. The number of rotatable bonds is 4. The summed E-state index contributed by atoms with van der Waals surface area (Å²) in [4.78, 5) is 27.6. The predicted molar refractivity (Wildman–Crippen MR) is 120 cm³/mol. The van der Waals surface area contributed by atoms with Crippen LogP contribution in [0.3, 0.4) is 0 Å². The van der Waals surface area contributed by atoms with Gasteiger partial charge in [0.05, 0.1) is 41.1 Å². The van der Waals surface area contributed by atoms with Crippen LogP contribution in [0.2, 0.25) is 0 Å². The summed E-state index contributed by atoms with van der Waals surface area (Å²) in [6.45, 7) is 0. The molecule has 6 rings (SSSR count). The van der Waals surface area contributed by atoms with Crippen molar-refractivity contribution in [3.05, 3.63) is 84.3 Å². The number of hydrogen-bond acceptors (Lipinski definition) is 5. The van der Waals surface area contributed by atoms with Gasteiger partial charge in [-0.05, 0) is 24.5 Å². The summed E-state index contributed by atoms with van der Waals surface area (Å²) >= 11 is 0. The number of imidazole rings is 1. The zero-order valence-electron chi connectivity index (χ0n) is 17.8. The van der Waals surface area contributed by atoms with Crippen LogP contribution in [0.5, 0.6) is 0 Å². The molecule has 8 heteroatoms. The Morgan fingerprint density at radius 2 is 1.81 bits per heavy atom. The monoisotopic (exact) mass is 423 g/mol. The number of carbonyl (C=O) groups is 1. The molecule has 5 aromatic rings. The van der Waals surface area contributed by atoms with E-state index in [-0.39, 0.29) is 11.3 Å². The normalized spacial score (nSPS) is 14.7. The molecule has 32 heavy (non-hydrogen) atoms. The van der Waals surface area contributed by atoms with Crippen LogP contribution in [-0.2, 0) is 5.41 Å². The van der Waals surface area contributed by atoms with E-state index in [1.165, 1.54) is 10.5 Å². The molecule has 1 aromatic carbocycles. The Morgan fingerprint density at radius 3 is 2.62 bits per heavy atom. The zero-order valence-corrected chi connectivity index (χ0v) is 17.8. The largest absolute Gasteiger partial charge is 0.345 e. The minimum Gasteiger partial charge on any atom is -0.345 e. The zero-order chi connectivity index (χ0) is 21.9. The first-order valence-corrected chi connectivity index (χ1v) is 10.5. The van der Waals surface area contributed by atoms with Gasteiger partial charge in [0.25, 0.3) is 5.91 Å². The third-order valence-electron chi connectivity index (χ3n) is 6.24. The molecule has 1 aliphatic carbocycles. The Morgan fingerprint density at radius 1 is 1.00 bits per heavy atom. The second-order valence-corrected chi connectivity index (χ2v) is 8.46. The van der Waals surface area contributed by atoms with Gasteiger partial charge in [0.15, 0.2) is 0 Å². The molecule has 1 aliphatic rings. The van der Waals surface area contributed by atoms with Crippen molar-refractivity contribution >= 4 is 22.6 Å². The fraction of sp³-hybridized carbons (Fsp3) is 0.208. The minimum atomic E-state index is -0.135. The van der Waals surface area contributed by atoms with Crippen LogP contribution in [-0.4, -0.2) is 54.0 Å². The summed E-state index contributed by atoms with van der Waals surface area (Å²) in [5.74, 6) is 0.550. The summed E-state index contributed by atoms with van der Waals surface area (Å²) < 4.78 is 3.71. The lowest BCUT2D eigenvalue weighted by Gasteiger charge is -2.17. The number of nitrogens with zero attached hydrogens (tertiary/aromatic N) is 7. The highest BCUT2D eigenvalue weighted by Gasteiger charge is 2.49. The summed E-state index contributed by atoms with van der Waals surface area (Å²) in [7, 11) is 3.45. The number of fused-ring (bicyclic) bond motifs is 2. The maximum absolute atomic E-state index is 12.3. The molecule has 0 saturated heterocycles. The van der Waals surface area contributed by atoms with E-state index in [0.29, 0.717) is 11.3 Å². The van der Waals surface area contributed by atoms with Gasteiger partial charge in [-0.15, -0.1) is 0 Å². The highest BCUT2D eigenvalue weighted by atomic mass is 16.2. The predicted octanol–water partition coefficient (Wildman–Crippen LogP) is 3.24. The lowest BCUT2D eigenvalue weighted by molar-refractivity contribution is 0.0827. The maximum atomic E-state index is 12.3. The van der Waals surface area contributed by atoms with Crippen LogP contribution in [0.4, 0.5) is 0 Å². The molecule has 4 heterocycles. The molecule has 1 fully saturated rings. The van der Waals surface area contributed by atoms with Crippen molar-refractivity contribution in [2.24, 2.45) is 0 Å². The van der Waals surface area contributed by atoms with E-state index in [2.05, 4.69) is 44.3 Å². The van der Waals surface area contributed by atoms with E-state index in [1.807, 2.05) is 29.1 Å². The van der Waals surface area contributed by atoms with E-state index in [4.69, 9.17) is 0 Å². The van der Waals surface area contributed by atoms with Crippen LogP contribution in [0.25, 0.3) is 22.4 Å². The molecule has 0 atom stereocenters. The Bertz CT molecular complexity index is 1490. The Kier molecular flexibility index (Phi) is 3.92. The summed E-state index contributed by atoms with van der Waals surface area (Å²) in [6.07, 6.45) is 12.8. The van der Waals surface area contributed by atoms with Crippen LogP contribution < -0.4 is 0 Å². The number of carbonyl (C=O) groups excluding carboxylic acids is 1. The fourth-order valence-corrected chi connectivity index (χ4v) is 4.45. The van der Waals surface area contributed by atoms with Gasteiger partial charge in [0.2, 0.25) is 5.78 Å². The van der Waals surface area contributed by atoms with Gasteiger partial charge in [-0.1, -0.05) is 24.3 Å². The van der Waals surface area contributed by atoms with E-state index < -0.39 is 0 Å². The number of aromatic nitrogens is 6. The van der Waals surface area contributed by atoms with Crippen molar-refractivity contribution in [3.8, 4) is 5.69 Å².